The van der Waals surface area contributed by atoms with E-state index in [1.54, 1.807) is 6.20 Å². The van der Waals surface area contributed by atoms with Crippen molar-refractivity contribution in [2.75, 3.05) is 0 Å². The Morgan fingerprint density at radius 2 is 2.00 bits per heavy atom. The molecule has 1 aliphatic rings. The van der Waals surface area contributed by atoms with E-state index in [-0.39, 0.29) is 0 Å². The summed E-state index contributed by atoms with van der Waals surface area (Å²) in [6.07, 6.45) is 8.85. The van der Waals surface area contributed by atoms with Gasteiger partial charge in [0.25, 0.3) is 0 Å². The summed E-state index contributed by atoms with van der Waals surface area (Å²) in [6.45, 7) is 2.93. The monoisotopic (exact) mass is 256 g/mol. The van der Waals surface area contributed by atoms with Gasteiger partial charge < -0.3 is 5.11 Å². The molecular weight excluding hydrogens is 236 g/mol. The summed E-state index contributed by atoms with van der Waals surface area (Å²) < 4.78 is 1.88. The number of aliphatic hydroxyl groups is 1. The van der Waals surface area contributed by atoms with Crippen molar-refractivity contribution in [3.05, 3.63) is 16.9 Å². The lowest BCUT2D eigenvalue weighted by atomic mass is 9.90. The Hall–Kier alpha value is -0.540. The van der Waals surface area contributed by atoms with E-state index in [1.807, 2.05) is 4.68 Å². The minimum Gasteiger partial charge on any atom is -0.384 e. The van der Waals surface area contributed by atoms with Gasteiger partial charge in [-0.2, -0.15) is 5.10 Å². The maximum Gasteiger partial charge on any atom is 0.108 e. The second-order valence-corrected chi connectivity index (χ2v) is 5.42. The van der Waals surface area contributed by atoms with Crippen molar-refractivity contribution in [1.82, 2.24) is 9.78 Å². The van der Waals surface area contributed by atoms with Gasteiger partial charge in [-0.1, -0.05) is 44.2 Å². The molecule has 1 heterocycles. The molecule has 0 aliphatic heterocycles. The molecular formula is C13H21ClN2O. The SMILES string of the molecule is CCCn1ncc(Cl)c1C1(O)CCCCCC1. The number of nitrogens with zero attached hydrogens (tertiary/aromatic N) is 2. The molecule has 1 aromatic heterocycles. The van der Waals surface area contributed by atoms with E-state index < -0.39 is 5.60 Å². The summed E-state index contributed by atoms with van der Waals surface area (Å²) in [6, 6.07) is 0. The Morgan fingerprint density at radius 3 is 2.59 bits per heavy atom. The summed E-state index contributed by atoms with van der Waals surface area (Å²) in [5.74, 6) is 0. The van der Waals surface area contributed by atoms with Crippen LogP contribution in [0, 0.1) is 0 Å². The highest BCUT2D eigenvalue weighted by molar-refractivity contribution is 6.31. The zero-order valence-corrected chi connectivity index (χ0v) is 11.2. The molecule has 1 aliphatic carbocycles. The van der Waals surface area contributed by atoms with Crippen LogP contribution in [0.4, 0.5) is 0 Å². The van der Waals surface area contributed by atoms with Crippen LogP contribution in [-0.4, -0.2) is 14.9 Å². The molecule has 1 fully saturated rings. The van der Waals surface area contributed by atoms with E-state index in [9.17, 15) is 5.11 Å². The van der Waals surface area contributed by atoms with E-state index in [1.165, 1.54) is 12.8 Å². The Bertz CT molecular complexity index is 367. The average Bonchev–Trinajstić information content (AvgIpc) is 2.53. The summed E-state index contributed by atoms with van der Waals surface area (Å²) in [5, 5.41) is 15.7. The molecule has 0 bridgehead atoms. The smallest absolute Gasteiger partial charge is 0.108 e. The van der Waals surface area contributed by atoms with Crippen LogP contribution >= 0.6 is 11.6 Å². The molecule has 17 heavy (non-hydrogen) atoms. The molecule has 1 aromatic rings. The summed E-state index contributed by atoms with van der Waals surface area (Å²) in [5.41, 5.74) is 0.0714. The number of halogens is 1. The van der Waals surface area contributed by atoms with Crippen molar-refractivity contribution in [2.45, 2.75) is 64.0 Å². The molecule has 0 radical (unpaired) electrons. The minimum atomic E-state index is -0.765. The van der Waals surface area contributed by atoms with E-state index >= 15 is 0 Å². The van der Waals surface area contributed by atoms with Crippen LogP contribution in [0.25, 0.3) is 0 Å². The van der Waals surface area contributed by atoms with Gasteiger partial charge in [-0.15, -0.1) is 0 Å². The fourth-order valence-corrected chi connectivity index (χ4v) is 3.07. The van der Waals surface area contributed by atoms with Crippen LogP contribution in [0.2, 0.25) is 5.02 Å². The number of aromatic nitrogens is 2. The highest BCUT2D eigenvalue weighted by Crippen LogP contribution is 2.39. The first-order valence-electron chi connectivity index (χ1n) is 6.61. The first-order chi connectivity index (χ1) is 8.17. The topological polar surface area (TPSA) is 38.0 Å². The van der Waals surface area contributed by atoms with Crippen molar-refractivity contribution in [3.63, 3.8) is 0 Å². The van der Waals surface area contributed by atoms with Gasteiger partial charge >= 0.3 is 0 Å². The van der Waals surface area contributed by atoms with Gasteiger partial charge in [0.15, 0.2) is 0 Å². The van der Waals surface area contributed by atoms with Gasteiger partial charge in [0.1, 0.15) is 5.60 Å². The standard InChI is InChI=1S/C13H21ClN2O/c1-2-9-16-12(11(14)10-15-16)13(17)7-5-3-4-6-8-13/h10,17H,2-9H2,1H3. The van der Waals surface area contributed by atoms with Crippen LogP contribution in [0.3, 0.4) is 0 Å². The van der Waals surface area contributed by atoms with E-state index in [4.69, 9.17) is 11.6 Å². The highest BCUT2D eigenvalue weighted by Gasteiger charge is 2.35. The van der Waals surface area contributed by atoms with Crippen LogP contribution < -0.4 is 0 Å². The minimum absolute atomic E-state index is 0.614. The molecule has 2 rings (SSSR count). The molecule has 3 nitrogen and oxygen atoms in total. The fourth-order valence-electron chi connectivity index (χ4n) is 2.76. The van der Waals surface area contributed by atoms with E-state index in [0.29, 0.717) is 5.02 Å². The molecule has 0 amide bonds. The third-order valence-electron chi connectivity index (χ3n) is 3.60. The largest absolute Gasteiger partial charge is 0.384 e. The Labute approximate surface area is 108 Å². The lowest BCUT2D eigenvalue weighted by molar-refractivity contribution is 0.0119. The van der Waals surface area contributed by atoms with Gasteiger partial charge in [-0.25, -0.2) is 0 Å². The third-order valence-corrected chi connectivity index (χ3v) is 3.88. The van der Waals surface area contributed by atoms with E-state index in [0.717, 1.165) is 44.3 Å². The average molecular weight is 257 g/mol. The van der Waals surface area contributed by atoms with Crippen molar-refractivity contribution >= 4 is 11.6 Å². The first kappa shape index (κ1) is 12.9. The van der Waals surface area contributed by atoms with Gasteiger partial charge in [0, 0.05) is 6.54 Å². The van der Waals surface area contributed by atoms with Gasteiger partial charge in [0.05, 0.1) is 16.9 Å². The highest BCUT2D eigenvalue weighted by atomic mass is 35.5. The van der Waals surface area contributed by atoms with Crippen molar-refractivity contribution in [2.24, 2.45) is 0 Å². The molecule has 0 unspecified atom stereocenters. The Kier molecular flexibility index (Phi) is 4.10. The summed E-state index contributed by atoms with van der Waals surface area (Å²) in [4.78, 5) is 0. The molecule has 0 atom stereocenters. The maximum absolute atomic E-state index is 10.9. The predicted octanol–water partition coefficient (Wildman–Crippen LogP) is 3.49. The quantitative estimate of drug-likeness (QED) is 0.841. The van der Waals surface area contributed by atoms with Gasteiger partial charge in [0.2, 0.25) is 0 Å². The van der Waals surface area contributed by atoms with E-state index in [2.05, 4.69) is 12.0 Å². The number of hydrogen-bond acceptors (Lipinski definition) is 2. The number of aryl methyl sites for hydroxylation is 1. The summed E-state index contributed by atoms with van der Waals surface area (Å²) in [7, 11) is 0. The molecule has 1 saturated carbocycles. The molecule has 96 valence electrons. The number of rotatable bonds is 3. The lowest BCUT2D eigenvalue weighted by Crippen LogP contribution is -2.29. The third kappa shape index (κ3) is 2.66. The van der Waals surface area contributed by atoms with Crippen LogP contribution in [0.5, 0.6) is 0 Å². The molecule has 0 aromatic carbocycles. The van der Waals surface area contributed by atoms with Gasteiger partial charge in [-0.3, -0.25) is 4.68 Å². The van der Waals surface area contributed by atoms with Crippen molar-refractivity contribution < 1.29 is 5.11 Å². The van der Waals surface area contributed by atoms with Crippen LogP contribution in [-0.2, 0) is 12.1 Å². The van der Waals surface area contributed by atoms with Gasteiger partial charge in [-0.05, 0) is 19.3 Å². The predicted molar refractivity (Wildman–Crippen MR) is 69.1 cm³/mol. The second kappa shape index (κ2) is 5.40. The van der Waals surface area contributed by atoms with Crippen molar-refractivity contribution in [1.29, 1.82) is 0 Å². The maximum atomic E-state index is 10.9. The second-order valence-electron chi connectivity index (χ2n) is 5.01. The lowest BCUT2D eigenvalue weighted by Gasteiger charge is -2.28. The normalized spacial score (nSPS) is 20.2. The van der Waals surface area contributed by atoms with Crippen molar-refractivity contribution in [3.8, 4) is 0 Å². The Morgan fingerprint density at radius 1 is 1.35 bits per heavy atom. The molecule has 1 N–H and O–H groups in total. The Balaban J connectivity index is 2.32. The van der Waals surface area contributed by atoms with Crippen LogP contribution in [0.15, 0.2) is 6.20 Å². The van der Waals surface area contributed by atoms with Crippen LogP contribution in [0.1, 0.15) is 57.6 Å². The summed E-state index contributed by atoms with van der Waals surface area (Å²) >= 11 is 6.21. The zero-order valence-electron chi connectivity index (χ0n) is 10.5. The fraction of sp³-hybridized carbons (Fsp3) is 0.769. The molecule has 0 saturated heterocycles. The molecule has 0 spiro atoms. The zero-order chi connectivity index (χ0) is 12.3. The molecule has 4 heteroatoms. The first-order valence-corrected chi connectivity index (χ1v) is 6.99. The number of hydrogen-bond donors (Lipinski definition) is 1.